The van der Waals surface area contributed by atoms with Gasteiger partial charge in [0.2, 0.25) is 0 Å². The van der Waals surface area contributed by atoms with Crippen molar-refractivity contribution in [3.63, 3.8) is 0 Å². The van der Waals surface area contributed by atoms with Gasteiger partial charge in [-0.05, 0) is 25.9 Å². The zero-order chi connectivity index (χ0) is 13.4. The highest BCUT2D eigenvalue weighted by Crippen LogP contribution is 2.19. The first-order valence-corrected chi connectivity index (χ1v) is 11.0. The van der Waals surface area contributed by atoms with Crippen LogP contribution in [0.3, 0.4) is 0 Å². The van der Waals surface area contributed by atoms with E-state index >= 15 is 0 Å². The molecule has 0 aliphatic rings. The van der Waals surface area contributed by atoms with E-state index in [1.807, 2.05) is 24.5 Å². The van der Waals surface area contributed by atoms with Gasteiger partial charge in [-0.25, -0.2) is 0 Å². The van der Waals surface area contributed by atoms with Crippen LogP contribution >= 0.6 is 0 Å². The first-order chi connectivity index (χ1) is 7.95. The van der Waals surface area contributed by atoms with Crippen LogP contribution in [0.25, 0.3) is 0 Å². The largest absolute Gasteiger partial charge is 0.409 e. The van der Waals surface area contributed by atoms with Gasteiger partial charge in [-0.1, -0.05) is 25.2 Å². The Kier molecular flexibility index (Phi) is 7.90. The Hall–Kier alpha value is -0.206. The molecule has 2 atom stereocenters. The van der Waals surface area contributed by atoms with Gasteiger partial charge in [0.05, 0.1) is 0 Å². The number of hydrogen-bond donors (Lipinski definition) is 0. The van der Waals surface area contributed by atoms with Crippen molar-refractivity contribution in [2.45, 2.75) is 39.8 Å². The van der Waals surface area contributed by atoms with Gasteiger partial charge in [-0.15, -0.1) is 13.2 Å². The molecule has 0 amide bonds. The predicted molar refractivity (Wildman–Crippen MR) is 77.2 cm³/mol. The Balaban J connectivity index is 4.58. The van der Waals surface area contributed by atoms with Crippen LogP contribution in [-0.2, 0) is 13.0 Å². The average Bonchev–Trinajstić information content (AvgIpc) is 2.34. The fourth-order valence-corrected chi connectivity index (χ4v) is 7.08. The molecule has 100 valence electrons. The van der Waals surface area contributed by atoms with Gasteiger partial charge in [0.1, 0.15) is 0 Å². The smallest absolute Gasteiger partial charge is 0.352 e. The van der Waals surface area contributed by atoms with Crippen molar-refractivity contribution in [1.82, 2.24) is 0 Å². The van der Waals surface area contributed by atoms with E-state index in [1.54, 1.807) is 0 Å². The summed E-state index contributed by atoms with van der Waals surface area (Å²) in [4.78, 5) is 0. The van der Waals surface area contributed by atoms with E-state index in [9.17, 15) is 0 Å². The molecular formula is C12H26O3Si2. The minimum atomic E-state index is -2.32. The first kappa shape index (κ1) is 16.8. The fourth-order valence-electron chi connectivity index (χ4n) is 1.27. The van der Waals surface area contributed by atoms with Crippen LogP contribution in [0.15, 0.2) is 24.6 Å². The highest BCUT2D eigenvalue weighted by Gasteiger charge is 2.39. The summed E-state index contributed by atoms with van der Waals surface area (Å²) in [5.74, 6) is 0. The van der Waals surface area contributed by atoms with E-state index in [-0.39, 0.29) is 0 Å². The fraction of sp³-hybridized carbons (Fsp3) is 0.667. The molecule has 0 fully saturated rings. The molecule has 0 aromatic heterocycles. The van der Waals surface area contributed by atoms with Crippen molar-refractivity contribution in [3.8, 4) is 0 Å². The molecule has 0 saturated heterocycles. The van der Waals surface area contributed by atoms with E-state index in [1.165, 1.54) is 0 Å². The molecular weight excluding hydrogens is 248 g/mol. The Bertz CT molecular complexity index is 224. The topological polar surface area (TPSA) is 27.7 Å². The molecule has 0 spiro atoms. The molecule has 0 aliphatic heterocycles. The molecule has 0 bridgehead atoms. The van der Waals surface area contributed by atoms with E-state index < -0.39 is 17.1 Å². The van der Waals surface area contributed by atoms with Crippen LogP contribution in [0, 0.1) is 0 Å². The van der Waals surface area contributed by atoms with Crippen LogP contribution in [0.5, 0.6) is 0 Å². The third kappa shape index (κ3) is 6.33. The minimum Gasteiger partial charge on any atom is -0.409 e. The number of rotatable bonds is 10. The lowest BCUT2D eigenvalue weighted by Crippen LogP contribution is -2.50. The molecule has 0 heterocycles. The summed E-state index contributed by atoms with van der Waals surface area (Å²) in [5.41, 5.74) is 3.62. The van der Waals surface area contributed by atoms with E-state index in [2.05, 4.69) is 27.0 Å². The summed E-state index contributed by atoms with van der Waals surface area (Å²) in [6.07, 6.45) is 1.95. The number of hydrogen-bond acceptors (Lipinski definition) is 3. The second kappa shape index (κ2) is 7.99. The van der Waals surface area contributed by atoms with Gasteiger partial charge in [0, 0.05) is 13.2 Å². The molecule has 0 aliphatic carbocycles. The Morgan fingerprint density at radius 2 is 1.24 bits per heavy atom. The lowest BCUT2D eigenvalue weighted by Gasteiger charge is -2.33. The van der Waals surface area contributed by atoms with Crippen LogP contribution in [-0.4, -0.2) is 30.3 Å². The normalized spacial score (nSPS) is 18.1. The van der Waals surface area contributed by atoms with Gasteiger partial charge in [0.25, 0.3) is 0 Å². The Morgan fingerprint density at radius 3 is 1.47 bits per heavy atom. The summed E-state index contributed by atoms with van der Waals surface area (Å²) in [5, 5.41) is 0. The first-order valence-electron chi connectivity index (χ1n) is 6.20. The van der Waals surface area contributed by atoms with Crippen LogP contribution in [0.1, 0.15) is 26.7 Å². The summed E-state index contributed by atoms with van der Waals surface area (Å²) < 4.78 is 17.7. The Labute approximate surface area is 108 Å². The van der Waals surface area contributed by atoms with Gasteiger partial charge >= 0.3 is 17.1 Å². The minimum absolute atomic E-state index is 0.699. The quantitative estimate of drug-likeness (QED) is 0.571. The van der Waals surface area contributed by atoms with Crippen molar-refractivity contribution < 1.29 is 13.0 Å². The van der Waals surface area contributed by atoms with Gasteiger partial charge in [0.15, 0.2) is 0 Å². The van der Waals surface area contributed by atoms with E-state index in [0.29, 0.717) is 13.2 Å². The summed E-state index contributed by atoms with van der Waals surface area (Å²) in [6.45, 7) is 17.2. The molecule has 0 aromatic carbocycles. The second-order valence-corrected chi connectivity index (χ2v) is 10.5. The molecule has 0 aromatic rings. The monoisotopic (exact) mass is 274 g/mol. The molecule has 5 heteroatoms. The summed E-state index contributed by atoms with van der Waals surface area (Å²) in [7, 11) is -4.64. The molecule has 3 nitrogen and oxygen atoms in total. The standard InChI is InChI=1S/C12H26O3Si2/c1-7-11-13-16(5,9-3)15-17(6,10-4)14-12-8-2/h9-10H,3-4,7-8,11-12H2,1-2,5-6H3. The third-order valence-corrected chi connectivity index (χ3v) is 8.61. The average molecular weight is 275 g/mol. The van der Waals surface area contributed by atoms with Crippen molar-refractivity contribution in [2.24, 2.45) is 0 Å². The summed E-state index contributed by atoms with van der Waals surface area (Å²) >= 11 is 0. The zero-order valence-corrected chi connectivity index (χ0v) is 13.6. The maximum Gasteiger partial charge on any atom is 0.352 e. The molecule has 0 rings (SSSR count). The molecule has 2 unspecified atom stereocenters. The van der Waals surface area contributed by atoms with E-state index in [0.717, 1.165) is 12.8 Å². The zero-order valence-electron chi connectivity index (χ0n) is 11.6. The molecule has 0 radical (unpaired) electrons. The van der Waals surface area contributed by atoms with Crippen molar-refractivity contribution in [1.29, 1.82) is 0 Å². The highest BCUT2D eigenvalue weighted by molar-refractivity contribution is 6.84. The second-order valence-electron chi connectivity index (χ2n) is 4.24. The van der Waals surface area contributed by atoms with Crippen LogP contribution in [0.4, 0.5) is 0 Å². The van der Waals surface area contributed by atoms with Crippen LogP contribution in [0.2, 0.25) is 13.1 Å². The van der Waals surface area contributed by atoms with Gasteiger partial charge < -0.3 is 13.0 Å². The van der Waals surface area contributed by atoms with Crippen molar-refractivity contribution in [2.75, 3.05) is 13.2 Å². The molecule has 0 N–H and O–H groups in total. The summed E-state index contributed by atoms with van der Waals surface area (Å²) in [6, 6.07) is 0. The lowest BCUT2D eigenvalue weighted by molar-refractivity contribution is 0.202. The Morgan fingerprint density at radius 1 is 0.882 bits per heavy atom. The lowest BCUT2D eigenvalue weighted by atomic mass is 10.5. The maximum absolute atomic E-state index is 6.13. The van der Waals surface area contributed by atoms with Gasteiger partial charge in [-0.2, -0.15) is 0 Å². The maximum atomic E-state index is 6.13. The third-order valence-electron chi connectivity index (χ3n) is 2.33. The van der Waals surface area contributed by atoms with Crippen molar-refractivity contribution >= 4 is 17.1 Å². The molecule has 0 saturated carbocycles. The van der Waals surface area contributed by atoms with Crippen LogP contribution < -0.4 is 0 Å². The van der Waals surface area contributed by atoms with Gasteiger partial charge in [-0.3, -0.25) is 0 Å². The van der Waals surface area contributed by atoms with E-state index in [4.69, 9.17) is 13.0 Å². The van der Waals surface area contributed by atoms with Crippen molar-refractivity contribution in [3.05, 3.63) is 24.6 Å². The molecule has 17 heavy (non-hydrogen) atoms. The highest BCUT2D eigenvalue weighted by atomic mass is 28.5. The predicted octanol–water partition coefficient (Wildman–Crippen LogP) is 3.45. The SMILES string of the molecule is C=C[Si](C)(OCCC)O[Si](C)(C=C)OCCC.